The van der Waals surface area contributed by atoms with Crippen LogP contribution in [0.15, 0.2) is 35.3 Å². The summed E-state index contributed by atoms with van der Waals surface area (Å²) in [5, 5.41) is 0. The van der Waals surface area contributed by atoms with Gasteiger partial charge in [0.05, 0.1) is 16.6 Å². The number of aromatic nitrogens is 1. The van der Waals surface area contributed by atoms with Gasteiger partial charge in [0, 0.05) is 24.4 Å². The number of hydrogen-bond donors (Lipinski definition) is 0. The molecule has 0 saturated carbocycles. The van der Waals surface area contributed by atoms with Gasteiger partial charge in [0.1, 0.15) is 0 Å². The highest BCUT2D eigenvalue weighted by atomic mass is 32.2. The van der Waals surface area contributed by atoms with Crippen molar-refractivity contribution >= 4 is 39.2 Å². The van der Waals surface area contributed by atoms with Crippen LogP contribution in [0.3, 0.4) is 0 Å². The molecule has 0 aliphatic carbocycles. The van der Waals surface area contributed by atoms with Gasteiger partial charge in [-0.15, -0.1) is 0 Å². The summed E-state index contributed by atoms with van der Waals surface area (Å²) in [5.74, 6) is 2.31. The maximum atomic E-state index is 12.7. The Kier molecular flexibility index (Phi) is 5.46. The molecule has 0 N–H and O–H groups in total. The molecule has 3 aromatic rings. The van der Waals surface area contributed by atoms with Gasteiger partial charge >= 0.3 is 0 Å². The molecule has 0 radical (unpaired) electrons. The number of amides is 1. The lowest BCUT2D eigenvalue weighted by Crippen LogP contribution is -2.18. The third-order valence-corrected chi connectivity index (χ3v) is 6.48. The number of fused-ring (bicyclic) bond motifs is 2. The Morgan fingerprint density at radius 2 is 1.96 bits per heavy atom. The average Bonchev–Trinajstić information content (AvgIpc) is 3.24. The van der Waals surface area contributed by atoms with Gasteiger partial charge in [-0.2, -0.15) is 16.8 Å². The molecule has 7 heteroatoms. The third-order valence-electron chi connectivity index (χ3n) is 4.84. The molecule has 2 aromatic carbocycles. The molecule has 1 amide bonds. The number of carbonyl (C=O) groups is 1. The summed E-state index contributed by atoms with van der Waals surface area (Å²) in [6.45, 7) is 5.17. The normalized spacial score (nSPS) is 13.5. The molecular weight excluding hydrogens is 392 g/mol. The van der Waals surface area contributed by atoms with Crippen LogP contribution in [0.1, 0.15) is 16.7 Å². The van der Waals surface area contributed by atoms with Gasteiger partial charge < -0.3 is 14.0 Å². The Hall–Kier alpha value is -2.25. The van der Waals surface area contributed by atoms with Crippen LogP contribution in [0, 0.1) is 13.8 Å². The second kappa shape index (κ2) is 8.01. The molecule has 2 heterocycles. The lowest BCUT2D eigenvalue weighted by molar-refractivity contribution is -0.117. The molecule has 146 valence electrons. The second-order valence-electron chi connectivity index (χ2n) is 6.80. The molecule has 28 heavy (non-hydrogen) atoms. The molecule has 0 fully saturated rings. The number of thiazole rings is 1. The van der Waals surface area contributed by atoms with Crippen molar-refractivity contribution in [1.82, 2.24) is 4.57 Å². The van der Waals surface area contributed by atoms with E-state index in [1.54, 1.807) is 11.8 Å². The molecule has 0 atom stereocenters. The summed E-state index contributed by atoms with van der Waals surface area (Å²) in [4.78, 5) is 17.8. The van der Waals surface area contributed by atoms with Gasteiger partial charge in [-0.25, -0.2) is 0 Å². The smallest absolute Gasteiger partial charge is 0.252 e. The molecule has 5 nitrogen and oxygen atoms in total. The van der Waals surface area contributed by atoms with E-state index >= 15 is 0 Å². The van der Waals surface area contributed by atoms with E-state index in [1.165, 1.54) is 22.5 Å². The first kappa shape index (κ1) is 19.1. The lowest BCUT2D eigenvalue weighted by atomic mass is 10.0. The minimum Gasteiger partial charge on any atom is -0.454 e. The number of hydrogen-bond acceptors (Lipinski definition) is 5. The maximum Gasteiger partial charge on any atom is 0.252 e. The molecule has 1 aromatic heterocycles. The monoisotopic (exact) mass is 414 g/mol. The molecule has 0 unspecified atom stereocenters. The first-order valence-corrected chi connectivity index (χ1v) is 11.3. The van der Waals surface area contributed by atoms with Crippen molar-refractivity contribution in [2.24, 2.45) is 4.99 Å². The molecule has 0 spiro atoms. The van der Waals surface area contributed by atoms with Crippen molar-refractivity contribution in [3.8, 4) is 11.5 Å². The molecule has 4 rings (SSSR count). The van der Waals surface area contributed by atoms with Gasteiger partial charge in [-0.05, 0) is 36.8 Å². The van der Waals surface area contributed by atoms with Crippen molar-refractivity contribution in [3.05, 3.63) is 51.8 Å². The van der Waals surface area contributed by atoms with Crippen molar-refractivity contribution in [2.75, 3.05) is 18.8 Å². The number of aryl methyl sites for hydroxylation is 3. The number of benzene rings is 2. The van der Waals surface area contributed by atoms with Crippen molar-refractivity contribution in [3.63, 3.8) is 0 Å². The van der Waals surface area contributed by atoms with Gasteiger partial charge in [0.2, 0.25) is 6.79 Å². The largest absolute Gasteiger partial charge is 0.454 e. The van der Waals surface area contributed by atoms with Crippen LogP contribution in [-0.2, 0) is 17.8 Å². The highest BCUT2D eigenvalue weighted by molar-refractivity contribution is 7.98. The second-order valence-corrected chi connectivity index (χ2v) is 8.80. The predicted octanol–water partition coefficient (Wildman–Crippen LogP) is 4.08. The quantitative estimate of drug-likeness (QED) is 0.631. The van der Waals surface area contributed by atoms with E-state index in [0.717, 1.165) is 44.4 Å². The minimum absolute atomic E-state index is 0.132. The molecular formula is C21H22N2O3S2. The zero-order chi connectivity index (χ0) is 19.7. The Balaban J connectivity index is 1.71. The van der Waals surface area contributed by atoms with E-state index < -0.39 is 0 Å². The SMILES string of the molecule is CSCCn1c(=NC(=O)Cc2ccc(C)c(C)c2)sc2cc3c(cc21)OCO3. The fraction of sp³-hybridized carbons (Fsp3) is 0.333. The highest BCUT2D eigenvalue weighted by Crippen LogP contribution is 2.37. The number of ether oxygens (including phenoxy) is 2. The van der Waals surface area contributed by atoms with Crippen LogP contribution in [-0.4, -0.2) is 29.3 Å². The van der Waals surface area contributed by atoms with Crippen LogP contribution < -0.4 is 14.3 Å². The van der Waals surface area contributed by atoms with Crippen molar-refractivity contribution in [2.45, 2.75) is 26.8 Å². The van der Waals surface area contributed by atoms with E-state index in [-0.39, 0.29) is 12.7 Å². The zero-order valence-corrected chi connectivity index (χ0v) is 17.8. The van der Waals surface area contributed by atoms with Gasteiger partial charge in [-0.1, -0.05) is 29.5 Å². The van der Waals surface area contributed by atoms with E-state index in [2.05, 4.69) is 41.8 Å². The van der Waals surface area contributed by atoms with E-state index in [4.69, 9.17) is 9.47 Å². The van der Waals surface area contributed by atoms with Crippen molar-refractivity contribution < 1.29 is 14.3 Å². The minimum atomic E-state index is -0.132. The molecule has 0 saturated heterocycles. The predicted molar refractivity (Wildman–Crippen MR) is 115 cm³/mol. The molecule has 0 bridgehead atoms. The van der Waals surface area contributed by atoms with E-state index in [9.17, 15) is 4.79 Å². The van der Waals surface area contributed by atoms with Crippen LogP contribution in [0.4, 0.5) is 0 Å². The van der Waals surface area contributed by atoms with Crippen molar-refractivity contribution in [1.29, 1.82) is 0 Å². The topological polar surface area (TPSA) is 52.8 Å². The number of nitrogens with zero attached hydrogens (tertiary/aromatic N) is 2. The number of rotatable bonds is 5. The number of carbonyl (C=O) groups excluding carboxylic acids is 1. The molecule has 1 aliphatic rings. The summed E-state index contributed by atoms with van der Waals surface area (Å²) >= 11 is 3.28. The van der Waals surface area contributed by atoms with Crippen LogP contribution in [0.2, 0.25) is 0 Å². The van der Waals surface area contributed by atoms with Gasteiger partial charge in [-0.3, -0.25) is 4.79 Å². The maximum absolute atomic E-state index is 12.7. The van der Waals surface area contributed by atoms with Gasteiger partial charge in [0.25, 0.3) is 5.91 Å². The van der Waals surface area contributed by atoms with Gasteiger partial charge in [0.15, 0.2) is 16.3 Å². The Morgan fingerprint density at radius 1 is 1.18 bits per heavy atom. The standard InChI is InChI=1S/C21H22N2O3S2/c1-13-4-5-15(8-14(13)2)9-20(24)22-21-23(6-7-27-3)16-10-17-18(26-12-25-17)11-19(16)28-21/h4-5,8,10-11H,6-7,9,12H2,1-3H3. The molecule has 1 aliphatic heterocycles. The van der Waals surface area contributed by atoms with E-state index in [0.29, 0.717) is 6.42 Å². The van der Waals surface area contributed by atoms with E-state index in [1.807, 2.05) is 18.2 Å². The Labute approximate surface area is 172 Å². The fourth-order valence-electron chi connectivity index (χ4n) is 3.18. The summed E-state index contributed by atoms with van der Waals surface area (Å²) in [7, 11) is 0. The Bertz CT molecular complexity index is 1110. The summed E-state index contributed by atoms with van der Waals surface area (Å²) in [6.07, 6.45) is 2.38. The zero-order valence-electron chi connectivity index (χ0n) is 16.2. The number of thioether (sulfide) groups is 1. The first-order chi connectivity index (χ1) is 13.5. The highest BCUT2D eigenvalue weighted by Gasteiger charge is 2.18. The van der Waals surface area contributed by atoms with Crippen LogP contribution >= 0.6 is 23.1 Å². The van der Waals surface area contributed by atoms with Crippen LogP contribution in [0.25, 0.3) is 10.2 Å². The first-order valence-electron chi connectivity index (χ1n) is 9.11. The summed E-state index contributed by atoms with van der Waals surface area (Å²) < 4.78 is 14.2. The third kappa shape index (κ3) is 3.82. The summed E-state index contributed by atoms with van der Waals surface area (Å²) in [6, 6.07) is 10.1. The van der Waals surface area contributed by atoms with Crippen LogP contribution in [0.5, 0.6) is 11.5 Å². The lowest BCUT2D eigenvalue weighted by Gasteiger charge is -2.05. The average molecular weight is 415 g/mol. The Morgan fingerprint density at radius 3 is 2.71 bits per heavy atom. The summed E-state index contributed by atoms with van der Waals surface area (Å²) in [5.41, 5.74) is 4.44. The fourth-order valence-corrected chi connectivity index (χ4v) is 4.63.